The highest BCUT2D eigenvalue weighted by Crippen LogP contribution is 2.26. The van der Waals surface area contributed by atoms with Crippen LogP contribution in [-0.4, -0.2) is 84.7 Å². The van der Waals surface area contributed by atoms with Crippen molar-refractivity contribution >= 4 is 28.4 Å². The Kier molecular flexibility index (Phi) is 7.61. The van der Waals surface area contributed by atoms with Crippen molar-refractivity contribution in [1.82, 2.24) is 44.7 Å². The van der Waals surface area contributed by atoms with Crippen LogP contribution in [0.3, 0.4) is 0 Å². The van der Waals surface area contributed by atoms with E-state index in [0.717, 1.165) is 54.8 Å². The number of hydrogen-bond donors (Lipinski definition) is 2. The van der Waals surface area contributed by atoms with Gasteiger partial charge in [-0.2, -0.15) is 10.2 Å². The summed E-state index contributed by atoms with van der Waals surface area (Å²) < 4.78 is 8.91. The second-order valence-electron chi connectivity index (χ2n) is 9.71. The van der Waals surface area contributed by atoms with Crippen molar-refractivity contribution in [1.29, 1.82) is 0 Å². The van der Waals surface area contributed by atoms with Crippen LogP contribution in [0.15, 0.2) is 30.9 Å². The van der Waals surface area contributed by atoms with E-state index in [4.69, 9.17) is 9.72 Å². The molecule has 4 aromatic rings. The summed E-state index contributed by atoms with van der Waals surface area (Å²) in [5, 5.41) is 16.0. The number of pyridine rings is 1. The molecule has 1 saturated heterocycles. The summed E-state index contributed by atoms with van der Waals surface area (Å²) >= 11 is 0. The molecule has 5 heterocycles. The van der Waals surface area contributed by atoms with E-state index in [1.165, 1.54) is 0 Å². The first-order valence-corrected chi connectivity index (χ1v) is 12.8. The molecule has 1 fully saturated rings. The summed E-state index contributed by atoms with van der Waals surface area (Å²) in [4.78, 5) is 28.9. The van der Waals surface area contributed by atoms with Gasteiger partial charge in [-0.1, -0.05) is 0 Å². The number of methoxy groups -OCH3 is 1. The molecule has 1 aliphatic rings. The molecule has 5 rings (SSSR count). The van der Waals surface area contributed by atoms with Crippen LogP contribution in [0.25, 0.3) is 11.0 Å². The van der Waals surface area contributed by atoms with E-state index in [0.29, 0.717) is 42.0 Å². The smallest absolute Gasteiger partial charge is 0.252 e. The molecular formula is C26H34N10O2. The van der Waals surface area contributed by atoms with Crippen LogP contribution in [0.4, 0.5) is 11.5 Å². The van der Waals surface area contributed by atoms with Crippen molar-refractivity contribution in [3.8, 4) is 0 Å². The summed E-state index contributed by atoms with van der Waals surface area (Å²) in [6.45, 7) is 5.26. The molecule has 0 unspecified atom stereocenters. The standard InChI is InChI=1S/C26H34N10O2/c1-17-22(12-19(14-28-17)26(37)27-7-10-36-8-5-20(38-4)6-9-36)31-24-21-15-29-23(32-25(21)35(3)33-24)11-18-13-30-34(2)16-18/h12-16,20H,5-11H2,1-4H3,(H,27,37)(H,31,33). The molecule has 1 aliphatic heterocycles. The van der Waals surface area contributed by atoms with Crippen molar-refractivity contribution in [2.45, 2.75) is 32.3 Å². The number of nitrogens with one attached hydrogen (secondary N) is 2. The van der Waals surface area contributed by atoms with E-state index >= 15 is 0 Å². The van der Waals surface area contributed by atoms with Crippen molar-refractivity contribution in [3.05, 3.63) is 53.5 Å². The fraction of sp³-hybridized carbons (Fsp3) is 0.462. The number of rotatable bonds is 9. The Labute approximate surface area is 221 Å². The van der Waals surface area contributed by atoms with Crippen LogP contribution in [0.5, 0.6) is 0 Å². The zero-order valence-corrected chi connectivity index (χ0v) is 22.3. The molecule has 1 amide bonds. The lowest BCUT2D eigenvalue weighted by molar-refractivity contribution is 0.0413. The summed E-state index contributed by atoms with van der Waals surface area (Å²) in [7, 11) is 5.50. The highest BCUT2D eigenvalue weighted by Gasteiger charge is 2.19. The average Bonchev–Trinajstić information content (AvgIpc) is 3.47. The predicted octanol–water partition coefficient (Wildman–Crippen LogP) is 1.98. The molecule has 0 radical (unpaired) electrons. The van der Waals surface area contributed by atoms with E-state index < -0.39 is 0 Å². The lowest BCUT2D eigenvalue weighted by Gasteiger charge is -2.31. The highest BCUT2D eigenvalue weighted by atomic mass is 16.5. The van der Waals surface area contributed by atoms with Gasteiger partial charge in [0, 0.05) is 72.4 Å². The quantitative estimate of drug-likeness (QED) is 0.342. The number of nitrogens with zero attached hydrogens (tertiary/aromatic N) is 8. The third kappa shape index (κ3) is 5.81. The minimum absolute atomic E-state index is 0.151. The Morgan fingerprint density at radius 2 is 1.97 bits per heavy atom. The number of ether oxygens (including phenoxy) is 1. The fourth-order valence-electron chi connectivity index (χ4n) is 4.71. The molecule has 0 spiro atoms. The Morgan fingerprint density at radius 1 is 1.16 bits per heavy atom. The molecule has 38 heavy (non-hydrogen) atoms. The summed E-state index contributed by atoms with van der Waals surface area (Å²) in [5.41, 5.74) is 3.72. The van der Waals surface area contributed by atoms with Crippen LogP contribution < -0.4 is 10.6 Å². The summed E-state index contributed by atoms with van der Waals surface area (Å²) in [5.74, 6) is 1.15. The molecule has 12 heteroatoms. The number of piperidine rings is 1. The maximum atomic E-state index is 12.8. The van der Waals surface area contributed by atoms with E-state index in [1.807, 2.05) is 33.4 Å². The van der Waals surface area contributed by atoms with Crippen LogP contribution in [-0.2, 0) is 25.3 Å². The van der Waals surface area contributed by atoms with E-state index in [2.05, 4.69) is 35.7 Å². The van der Waals surface area contributed by atoms with E-state index in [9.17, 15) is 4.79 Å². The van der Waals surface area contributed by atoms with Gasteiger partial charge in [-0.3, -0.25) is 14.5 Å². The van der Waals surface area contributed by atoms with Crippen LogP contribution in [0.1, 0.15) is 40.3 Å². The first-order valence-electron chi connectivity index (χ1n) is 12.8. The van der Waals surface area contributed by atoms with Crippen LogP contribution >= 0.6 is 0 Å². The predicted molar refractivity (Wildman–Crippen MR) is 143 cm³/mol. The molecular weight excluding hydrogens is 484 g/mol. The van der Waals surface area contributed by atoms with Crippen LogP contribution in [0.2, 0.25) is 0 Å². The van der Waals surface area contributed by atoms with Gasteiger partial charge >= 0.3 is 0 Å². The number of aromatic nitrogens is 7. The maximum absolute atomic E-state index is 12.8. The second-order valence-corrected chi connectivity index (χ2v) is 9.71. The Hall–Kier alpha value is -3.90. The van der Waals surface area contributed by atoms with Gasteiger partial charge in [0.2, 0.25) is 0 Å². The average molecular weight is 519 g/mol. The number of carbonyl (C=O) groups is 1. The normalized spacial score (nSPS) is 14.7. The van der Waals surface area contributed by atoms with Gasteiger partial charge in [-0.05, 0) is 31.4 Å². The first kappa shape index (κ1) is 25.7. The lowest BCUT2D eigenvalue weighted by atomic mass is 10.1. The fourth-order valence-corrected chi connectivity index (χ4v) is 4.71. The number of hydrogen-bond acceptors (Lipinski definition) is 9. The van der Waals surface area contributed by atoms with E-state index in [1.54, 1.807) is 34.9 Å². The number of aryl methyl sites for hydroxylation is 3. The Balaban J connectivity index is 1.24. The minimum Gasteiger partial charge on any atom is -0.381 e. The molecule has 0 bridgehead atoms. The number of carbonyl (C=O) groups excluding carboxylic acids is 1. The molecule has 0 aromatic carbocycles. The van der Waals surface area contributed by atoms with Crippen molar-refractivity contribution in [3.63, 3.8) is 0 Å². The van der Waals surface area contributed by atoms with Gasteiger partial charge in [-0.15, -0.1) is 0 Å². The first-order chi connectivity index (χ1) is 18.4. The molecule has 0 saturated carbocycles. The number of likely N-dealkylation sites (tertiary alicyclic amines) is 1. The SMILES string of the molecule is COC1CCN(CCNC(=O)c2cnc(C)c(Nc3nn(C)c4nc(Cc5cnn(C)c5)ncc34)c2)CC1. The maximum Gasteiger partial charge on any atom is 0.252 e. The largest absolute Gasteiger partial charge is 0.381 e. The molecule has 2 N–H and O–H groups in total. The van der Waals surface area contributed by atoms with Gasteiger partial charge < -0.3 is 20.3 Å². The van der Waals surface area contributed by atoms with Gasteiger partial charge in [0.15, 0.2) is 11.5 Å². The zero-order valence-electron chi connectivity index (χ0n) is 22.3. The third-order valence-electron chi connectivity index (χ3n) is 6.93. The zero-order chi connectivity index (χ0) is 26.6. The van der Waals surface area contributed by atoms with Gasteiger partial charge in [0.05, 0.1) is 34.6 Å². The topological polar surface area (TPSA) is 128 Å². The van der Waals surface area contributed by atoms with Gasteiger partial charge in [0.1, 0.15) is 5.82 Å². The van der Waals surface area contributed by atoms with Crippen molar-refractivity contribution < 1.29 is 9.53 Å². The Morgan fingerprint density at radius 3 is 2.71 bits per heavy atom. The summed E-state index contributed by atoms with van der Waals surface area (Å²) in [6.07, 6.45) is 10.1. The lowest BCUT2D eigenvalue weighted by Crippen LogP contribution is -2.41. The number of fused-ring (bicyclic) bond motifs is 1. The monoisotopic (exact) mass is 518 g/mol. The van der Waals surface area contributed by atoms with Gasteiger partial charge in [0.25, 0.3) is 5.91 Å². The van der Waals surface area contributed by atoms with Crippen molar-refractivity contribution in [2.24, 2.45) is 14.1 Å². The second kappa shape index (κ2) is 11.2. The van der Waals surface area contributed by atoms with Crippen molar-refractivity contribution in [2.75, 3.05) is 38.6 Å². The highest BCUT2D eigenvalue weighted by molar-refractivity contribution is 5.95. The molecule has 12 nitrogen and oxygen atoms in total. The number of anilines is 2. The third-order valence-corrected chi connectivity index (χ3v) is 6.93. The van der Waals surface area contributed by atoms with E-state index in [-0.39, 0.29) is 5.91 Å². The minimum atomic E-state index is -0.151. The van der Waals surface area contributed by atoms with Crippen LogP contribution in [0, 0.1) is 6.92 Å². The summed E-state index contributed by atoms with van der Waals surface area (Å²) in [6, 6.07) is 1.81. The molecule has 0 aliphatic carbocycles. The molecule has 4 aromatic heterocycles. The molecule has 0 atom stereocenters. The Bertz CT molecular complexity index is 1420. The number of amides is 1. The molecule has 200 valence electrons. The van der Waals surface area contributed by atoms with Gasteiger partial charge in [-0.25, -0.2) is 14.6 Å².